The summed E-state index contributed by atoms with van der Waals surface area (Å²) in [6.07, 6.45) is 5.40. The highest BCUT2D eigenvalue weighted by Gasteiger charge is 2.85. The largest absolute Gasteiger partial charge is 0.166 e. The van der Waals surface area contributed by atoms with Crippen molar-refractivity contribution in [3.8, 4) is 0 Å². The zero-order valence-electron chi connectivity index (χ0n) is 8.94. The van der Waals surface area contributed by atoms with Crippen molar-refractivity contribution >= 4 is 69.6 Å². The number of halogens is 6. The van der Waals surface area contributed by atoms with Gasteiger partial charge in [0.25, 0.3) is 0 Å². The van der Waals surface area contributed by atoms with Gasteiger partial charge >= 0.3 is 0 Å². The van der Waals surface area contributed by atoms with E-state index in [1.165, 1.54) is 0 Å². The van der Waals surface area contributed by atoms with Gasteiger partial charge in [-0.2, -0.15) is 0 Å². The minimum Gasteiger partial charge on any atom is -0.109 e. The number of hydrogen-bond acceptors (Lipinski definition) is 0. The summed E-state index contributed by atoms with van der Waals surface area (Å²) in [4.78, 5) is -2.13. The van der Waals surface area contributed by atoms with E-state index in [1.807, 2.05) is 0 Å². The first kappa shape index (κ1) is 12.9. The third-order valence-corrected chi connectivity index (χ3v) is 9.42. The molecule has 0 spiro atoms. The van der Waals surface area contributed by atoms with Crippen LogP contribution in [-0.4, -0.2) is 14.1 Å². The van der Waals surface area contributed by atoms with Crippen LogP contribution in [0.25, 0.3) is 0 Å². The van der Waals surface area contributed by atoms with Crippen molar-refractivity contribution in [1.82, 2.24) is 0 Å². The van der Waals surface area contributed by atoms with Crippen molar-refractivity contribution in [3.05, 3.63) is 22.2 Å². The van der Waals surface area contributed by atoms with E-state index in [-0.39, 0.29) is 11.8 Å². The van der Waals surface area contributed by atoms with Gasteiger partial charge in [0.2, 0.25) is 0 Å². The van der Waals surface area contributed by atoms with Crippen molar-refractivity contribution in [2.45, 2.75) is 20.5 Å². The molecular weight excluding hydrogens is 357 g/mol. The molecule has 0 aliphatic heterocycles. The first-order valence-electron chi connectivity index (χ1n) is 5.78. The molecule has 2 fully saturated rings. The Morgan fingerprint density at radius 2 is 1.22 bits per heavy atom. The van der Waals surface area contributed by atoms with Gasteiger partial charge in [-0.05, 0) is 30.1 Å². The normalized spacial score (nSPS) is 58.8. The molecule has 98 valence electrons. The molecule has 0 radical (unpaired) electrons. The zero-order valence-corrected chi connectivity index (χ0v) is 13.5. The average molecular weight is 365 g/mol. The SMILES string of the molecule is ClC1=C(Cl)[C@@]2(Cl)C3C([C@H]4C=C[C@H]3C4)[C@@]1(Cl)C2(Cl)Cl. The number of rotatable bonds is 0. The van der Waals surface area contributed by atoms with E-state index < -0.39 is 14.1 Å². The van der Waals surface area contributed by atoms with Crippen molar-refractivity contribution in [2.75, 3.05) is 0 Å². The van der Waals surface area contributed by atoms with Crippen molar-refractivity contribution in [2.24, 2.45) is 23.7 Å². The lowest BCUT2D eigenvalue weighted by molar-refractivity contribution is 0.305. The Hall–Kier alpha value is 1.22. The summed E-state index contributed by atoms with van der Waals surface area (Å²) in [5, 5.41) is 0.654. The second-order valence-corrected chi connectivity index (χ2v) is 8.90. The van der Waals surface area contributed by atoms with Gasteiger partial charge in [-0.15, -0.1) is 23.2 Å². The summed E-state index contributed by atoms with van der Waals surface area (Å²) >= 11 is 39.2. The molecule has 6 heteroatoms. The minimum atomic E-state index is -1.37. The monoisotopic (exact) mass is 362 g/mol. The van der Waals surface area contributed by atoms with E-state index in [4.69, 9.17) is 69.6 Å². The smallest absolute Gasteiger partial charge is 0.109 e. The van der Waals surface area contributed by atoms with Crippen LogP contribution in [0.5, 0.6) is 0 Å². The van der Waals surface area contributed by atoms with Crippen molar-refractivity contribution in [3.63, 3.8) is 0 Å². The molecule has 4 aliphatic rings. The highest BCUT2D eigenvalue weighted by Crippen LogP contribution is 2.81. The highest BCUT2D eigenvalue weighted by molar-refractivity contribution is 6.65. The second-order valence-electron chi connectivity index (χ2n) is 5.63. The predicted octanol–water partition coefficient (Wildman–Crippen LogP) is 5.27. The Balaban J connectivity index is 2.03. The van der Waals surface area contributed by atoms with E-state index in [0.717, 1.165) is 6.42 Å². The third kappa shape index (κ3) is 0.973. The molecule has 2 saturated carbocycles. The van der Waals surface area contributed by atoms with Crippen LogP contribution >= 0.6 is 69.6 Å². The van der Waals surface area contributed by atoms with Gasteiger partial charge in [-0.25, -0.2) is 0 Å². The van der Waals surface area contributed by atoms with Gasteiger partial charge < -0.3 is 0 Å². The Morgan fingerprint density at radius 3 is 1.61 bits per heavy atom. The van der Waals surface area contributed by atoms with Crippen LogP contribution in [0.15, 0.2) is 22.2 Å². The van der Waals surface area contributed by atoms with E-state index in [2.05, 4.69) is 12.2 Å². The lowest BCUT2D eigenvalue weighted by Gasteiger charge is -2.37. The average Bonchev–Trinajstić information content (AvgIpc) is 2.97. The number of alkyl halides is 4. The van der Waals surface area contributed by atoms with Crippen LogP contribution in [0.4, 0.5) is 0 Å². The third-order valence-electron chi connectivity index (χ3n) is 5.12. The first-order chi connectivity index (χ1) is 8.28. The second kappa shape index (κ2) is 3.34. The van der Waals surface area contributed by atoms with Gasteiger partial charge in [0.15, 0.2) is 4.33 Å². The molecular formula is C12H8Cl6. The molecule has 0 heterocycles. The number of allylic oxidation sites excluding steroid dienone is 4. The Morgan fingerprint density at radius 1 is 0.833 bits per heavy atom. The Kier molecular flexibility index (Phi) is 2.40. The molecule has 0 amide bonds. The van der Waals surface area contributed by atoms with E-state index in [1.54, 1.807) is 0 Å². The molecule has 0 nitrogen and oxygen atoms in total. The maximum absolute atomic E-state index is 6.76. The fourth-order valence-electron chi connectivity index (χ4n) is 4.48. The van der Waals surface area contributed by atoms with Gasteiger partial charge in [0, 0.05) is 0 Å². The van der Waals surface area contributed by atoms with E-state index in [0.29, 0.717) is 21.9 Å². The lowest BCUT2D eigenvalue weighted by atomic mass is 9.75. The molecule has 0 aromatic heterocycles. The molecule has 0 saturated heterocycles. The molecule has 4 bridgehead atoms. The summed E-state index contributed by atoms with van der Waals surface area (Å²) in [7, 11) is 0. The van der Waals surface area contributed by atoms with Crippen LogP contribution in [-0.2, 0) is 0 Å². The molecule has 4 rings (SSSR count). The fraction of sp³-hybridized carbons (Fsp3) is 0.667. The van der Waals surface area contributed by atoms with Crippen LogP contribution in [0, 0.1) is 23.7 Å². The molecule has 2 unspecified atom stereocenters. The summed E-state index contributed by atoms with van der Waals surface area (Å²) in [5.74, 6) is 0.815. The first-order valence-corrected chi connectivity index (χ1v) is 8.05. The van der Waals surface area contributed by atoms with Gasteiger partial charge in [0.1, 0.15) is 9.75 Å². The number of fused-ring (bicyclic) bond motifs is 9. The molecule has 0 aromatic carbocycles. The summed E-state index contributed by atoms with van der Waals surface area (Å²) in [6.45, 7) is 0. The van der Waals surface area contributed by atoms with Crippen LogP contribution in [0.3, 0.4) is 0 Å². The lowest BCUT2D eigenvalue weighted by Crippen LogP contribution is -2.46. The summed E-state index contributed by atoms with van der Waals surface area (Å²) < 4.78 is -1.37. The molecule has 18 heavy (non-hydrogen) atoms. The van der Waals surface area contributed by atoms with E-state index in [9.17, 15) is 0 Å². The zero-order chi connectivity index (χ0) is 13.1. The van der Waals surface area contributed by atoms with Crippen LogP contribution in [0.1, 0.15) is 6.42 Å². The van der Waals surface area contributed by atoms with Crippen molar-refractivity contribution < 1.29 is 0 Å². The number of hydrogen-bond donors (Lipinski definition) is 0. The van der Waals surface area contributed by atoms with Gasteiger partial charge in [-0.1, -0.05) is 58.6 Å². The topological polar surface area (TPSA) is 0 Å². The summed E-state index contributed by atoms with van der Waals surface area (Å²) in [5.41, 5.74) is 0. The fourth-order valence-corrected chi connectivity index (χ4v) is 7.61. The highest BCUT2D eigenvalue weighted by atomic mass is 35.5. The molecule has 0 aromatic rings. The van der Waals surface area contributed by atoms with Crippen LogP contribution in [0.2, 0.25) is 0 Å². The summed E-state index contributed by atoms with van der Waals surface area (Å²) in [6, 6.07) is 0. The Labute approximate surface area is 135 Å². The minimum absolute atomic E-state index is 0.0664. The van der Waals surface area contributed by atoms with Crippen LogP contribution < -0.4 is 0 Å². The van der Waals surface area contributed by atoms with Gasteiger partial charge in [0.05, 0.1) is 10.1 Å². The maximum Gasteiger partial charge on any atom is 0.166 e. The molecule has 6 atom stereocenters. The predicted molar refractivity (Wildman–Crippen MR) is 78.1 cm³/mol. The quantitative estimate of drug-likeness (QED) is 0.312. The molecule has 4 aliphatic carbocycles. The van der Waals surface area contributed by atoms with Crippen molar-refractivity contribution in [1.29, 1.82) is 0 Å². The molecule has 0 N–H and O–H groups in total. The maximum atomic E-state index is 6.76. The van der Waals surface area contributed by atoms with E-state index >= 15 is 0 Å². The Bertz CT molecular complexity index is 481. The standard InChI is InChI=1S/C12H8Cl6/c13-8-9(14)11(16)7-5-2-1-4(3-5)6(7)10(8,15)12(11,17)18/h1-2,4-7H,3H2/t4-,5-,6?,7?,10-,11-/m0/s1. The van der Waals surface area contributed by atoms with Gasteiger partial charge in [-0.3, -0.25) is 0 Å².